The summed E-state index contributed by atoms with van der Waals surface area (Å²) in [6.45, 7) is 5.31. The zero-order valence-electron chi connectivity index (χ0n) is 10.5. The van der Waals surface area contributed by atoms with Crippen molar-refractivity contribution in [2.24, 2.45) is 0 Å². The molecular formula is C13H19NO2Si. The van der Waals surface area contributed by atoms with Gasteiger partial charge in [-0.2, -0.15) is 5.26 Å². The summed E-state index contributed by atoms with van der Waals surface area (Å²) < 4.78 is 11.4. The lowest BCUT2D eigenvalue weighted by Crippen LogP contribution is -2.39. The molecule has 1 rings (SSSR count). The van der Waals surface area contributed by atoms with Gasteiger partial charge in [0.25, 0.3) is 0 Å². The number of nitriles is 1. The molecule has 0 bridgehead atoms. The maximum atomic E-state index is 8.66. The van der Waals surface area contributed by atoms with Crippen LogP contribution in [0.1, 0.15) is 25.8 Å². The highest BCUT2D eigenvalue weighted by molar-refractivity contribution is 6.61. The SMILES string of the molecule is CCO[SiH](OCC)c1ccccc1CCC#N. The van der Waals surface area contributed by atoms with E-state index >= 15 is 0 Å². The van der Waals surface area contributed by atoms with Crippen LogP contribution in [-0.4, -0.2) is 22.5 Å². The topological polar surface area (TPSA) is 42.2 Å². The first-order chi connectivity index (χ1) is 8.33. The lowest BCUT2D eigenvalue weighted by molar-refractivity contribution is 0.225. The van der Waals surface area contributed by atoms with Crippen LogP contribution in [0.5, 0.6) is 0 Å². The van der Waals surface area contributed by atoms with Crippen LogP contribution in [-0.2, 0) is 15.3 Å². The highest BCUT2D eigenvalue weighted by Crippen LogP contribution is 2.04. The second-order valence-electron chi connectivity index (χ2n) is 3.60. The van der Waals surface area contributed by atoms with Gasteiger partial charge >= 0.3 is 9.28 Å². The minimum absolute atomic E-state index is 0.538. The van der Waals surface area contributed by atoms with E-state index in [-0.39, 0.29) is 0 Å². The maximum absolute atomic E-state index is 8.66. The van der Waals surface area contributed by atoms with Crippen molar-refractivity contribution in [3.8, 4) is 6.07 Å². The van der Waals surface area contributed by atoms with Crippen LogP contribution in [0.4, 0.5) is 0 Å². The average Bonchev–Trinajstić information content (AvgIpc) is 2.36. The average molecular weight is 249 g/mol. The van der Waals surface area contributed by atoms with Gasteiger partial charge in [0.05, 0.1) is 6.07 Å². The third kappa shape index (κ3) is 4.31. The summed E-state index contributed by atoms with van der Waals surface area (Å²) >= 11 is 0. The summed E-state index contributed by atoms with van der Waals surface area (Å²) in [5, 5.41) is 9.84. The van der Waals surface area contributed by atoms with E-state index in [2.05, 4.69) is 18.2 Å². The predicted molar refractivity (Wildman–Crippen MR) is 70.4 cm³/mol. The highest BCUT2D eigenvalue weighted by Gasteiger charge is 2.18. The van der Waals surface area contributed by atoms with E-state index in [0.29, 0.717) is 19.6 Å². The second kappa shape index (κ2) is 8.01. The van der Waals surface area contributed by atoms with Crippen molar-refractivity contribution in [3.63, 3.8) is 0 Å². The van der Waals surface area contributed by atoms with E-state index < -0.39 is 9.28 Å². The molecule has 0 spiro atoms. The fraction of sp³-hybridized carbons (Fsp3) is 0.462. The first kappa shape index (κ1) is 13.9. The molecule has 17 heavy (non-hydrogen) atoms. The Hall–Kier alpha value is -1.15. The van der Waals surface area contributed by atoms with Gasteiger partial charge < -0.3 is 8.85 Å². The maximum Gasteiger partial charge on any atom is 0.356 e. The molecule has 0 fully saturated rings. The molecule has 0 unspecified atom stereocenters. The fourth-order valence-corrected chi connectivity index (χ4v) is 3.59. The monoisotopic (exact) mass is 249 g/mol. The fourth-order valence-electron chi connectivity index (χ4n) is 1.71. The van der Waals surface area contributed by atoms with Crippen molar-refractivity contribution in [2.45, 2.75) is 26.7 Å². The van der Waals surface area contributed by atoms with E-state index in [4.69, 9.17) is 14.1 Å². The van der Waals surface area contributed by atoms with Crippen molar-refractivity contribution in [1.82, 2.24) is 0 Å². The van der Waals surface area contributed by atoms with Gasteiger partial charge in [-0.1, -0.05) is 24.3 Å². The summed E-state index contributed by atoms with van der Waals surface area (Å²) in [6.07, 6.45) is 1.31. The first-order valence-electron chi connectivity index (χ1n) is 6.01. The molecule has 3 nitrogen and oxygen atoms in total. The molecule has 0 N–H and O–H groups in total. The molecule has 4 heteroatoms. The molecule has 0 aromatic heterocycles. The number of benzene rings is 1. The number of aryl methyl sites for hydroxylation is 1. The van der Waals surface area contributed by atoms with Gasteiger partial charge in [0.15, 0.2) is 0 Å². The largest absolute Gasteiger partial charge is 0.394 e. The summed E-state index contributed by atoms with van der Waals surface area (Å²) in [5.41, 5.74) is 1.19. The van der Waals surface area contributed by atoms with Crippen LogP contribution in [0.2, 0.25) is 0 Å². The van der Waals surface area contributed by atoms with Crippen molar-refractivity contribution < 1.29 is 8.85 Å². The van der Waals surface area contributed by atoms with E-state index in [1.165, 1.54) is 10.8 Å². The quantitative estimate of drug-likeness (QED) is 0.690. The Bertz CT molecular complexity index is 370. The van der Waals surface area contributed by atoms with Crippen molar-refractivity contribution in [2.75, 3.05) is 13.2 Å². The first-order valence-corrected chi connectivity index (χ1v) is 7.53. The predicted octanol–water partition coefficient (Wildman–Crippen LogP) is 1.64. The van der Waals surface area contributed by atoms with Gasteiger partial charge in [-0.3, -0.25) is 0 Å². The summed E-state index contributed by atoms with van der Waals surface area (Å²) in [4.78, 5) is 0. The van der Waals surface area contributed by atoms with Crippen LogP contribution >= 0.6 is 0 Å². The number of hydrogen-bond donors (Lipinski definition) is 0. The van der Waals surface area contributed by atoms with Gasteiger partial charge in [-0.25, -0.2) is 0 Å². The summed E-state index contributed by atoms with van der Waals surface area (Å²) in [6, 6.07) is 10.3. The Morgan fingerprint density at radius 1 is 1.18 bits per heavy atom. The molecule has 1 aromatic rings. The van der Waals surface area contributed by atoms with E-state index in [0.717, 1.165) is 6.42 Å². The van der Waals surface area contributed by atoms with Crippen LogP contribution in [0.3, 0.4) is 0 Å². The van der Waals surface area contributed by atoms with E-state index in [1.54, 1.807) is 0 Å². The van der Waals surface area contributed by atoms with Crippen molar-refractivity contribution in [3.05, 3.63) is 29.8 Å². The molecule has 0 atom stereocenters. The molecule has 0 radical (unpaired) electrons. The van der Waals surface area contributed by atoms with Gasteiger partial charge in [0.2, 0.25) is 0 Å². The lowest BCUT2D eigenvalue weighted by atomic mass is 10.1. The molecular weight excluding hydrogens is 230 g/mol. The number of nitrogens with zero attached hydrogens (tertiary/aromatic N) is 1. The number of hydrogen-bond acceptors (Lipinski definition) is 3. The molecule has 0 heterocycles. The Kier molecular flexibility index (Phi) is 6.56. The molecule has 0 aliphatic heterocycles. The molecule has 0 aliphatic rings. The Morgan fingerprint density at radius 3 is 2.41 bits per heavy atom. The van der Waals surface area contributed by atoms with Crippen LogP contribution in [0.15, 0.2) is 24.3 Å². The lowest BCUT2D eigenvalue weighted by Gasteiger charge is -2.17. The van der Waals surface area contributed by atoms with Gasteiger partial charge in [-0.15, -0.1) is 0 Å². The van der Waals surface area contributed by atoms with Crippen LogP contribution in [0.25, 0.3) is 0 Å². The zero-order chi connectivity index (χ0) is 12.5. The van der Waals surface area contributed by atoms with Crippen LogP contribution in [0, 0.1) is 11.3 Å². The summed E-state index contributed by atoms with van der Waals surface area (Å²) in [5.74, 6) is 0. The second-order valence-corrected chi connectivity index (χ2v) is 5.55. The standard InChI is InChI=1S/C13H19NO2Si/c1-3-15-17(16-4-2)13-10-6-5-8-12(13)9-7-11-14/h5-6,8,10,17H,3-4,7,9H2,1-2H3. The van der Waals surface area contributed by atoms with Crippen molar-refractivity contribution >= 4 is 14.5 Å². The molecule has 0 amide bonds. The molecule has 0 aliphatic carbocycles. The Morgan fingerprint density at radius 2 is 1.82 bits per heavy atom. The van der Waals surface area contributed by atoms with E-state index in [9.17, 15) is 0 Å². The minimum atomic E-state index is -1.78. The van der Waals surface area contributed by atoms with E-state index in [1.807, 2.05) is 26.0 Å². The molecule has 0 saturated carbocycles. The highest BCUT2D eigenvalue weighted by atomic mass is 28.3. The third-order valence-electron chi connectivity index (χ3n) is 2.45. The number of rotatable bonds is 7. The minimum Gasteiger partial charge on any atom is -0.394 e. The zero-order valence-corrected chi connectivity index (χ0v) is 11.6. The van der Waals surface area contributed by atoms with Crippen LogP contribution < -0.4 is 5.19 Å². The van der Waals surface area contributed by atoms with Gasteiger partial charge in [-0.05, 0) is 31.0 Å². The molecule has 0 saturated heterocycles. The molecule has 92 valence electrons. The normalized spacial score (nSPS) is 10.5. The third-order valence-corrected chi connectivity index (χ3v) is 4.79. The van der Waals surface area contributed by atoms with Gasteiger partial charge in [0, 0.05) is 19.6 Å². The Labute approximate surface area is 105 Å². The smallest absolute Gasteiger partial charge is 0.356 e. The van der Waals surface area contributed by atoms with Gasteiger partial charge in [0.1, 0.15) is 0 Å². The Balaban J connectivity index is 2.88. The molecule has 1 aromatic carbocycles. The van der Waals surface area contributed by atoms with Crippen molar-refractivity contribution in [1.29, 1.82) is 5.26 Å². The summed E-state index contributed by atoms with van der Waals surface area (Å²) in [7, 11) is -1.78.